The molecule has 0 aromatic rings. The molecule has 3 fully saturated rings. The Morgan fingerprint density at radius 1 is 1.29 bits per heavy atom. The summed E-state index contributed by atoms with van der Waals surface area (Å²) in [5.74, 6) is 0.238. The lowest BCUT2D eigenvalue weighted by atomic mass is 9.70. The fourth-order valence-corrected chi connectivity index (χ4v) is 4.07. The Bertz CT molecular complexity index is 467. The van der Waals surface area contributed by atoms with E-state index in [0.29, 0.717) is 24.9 Å². The van der Waals surface area contributed by atoms with Gasteiger partial charge in [0.1, 0.15) is 17.5 Å². The molecule has 3 aliphatic rings. The molecule has 0 aromatic heterocycles. The number of fused-ring (bicyclic) bond motifs is 2. The molecular weight excluding hydrogens is 268 g/mol. The second-order valence-electron chi connectivity index (χ2n) is 7.11. The molecule has 4 heteroatoms. The van der Waals surface area contributed by atoms with E-state index in [0.717, 1.165) is 12.8 Å². The van der Waals surface area contributed by atoms with E-state index in [1.54, 1.807) is 0 Å². The molecule has 2 aliphatic heterocycles. The molecule has 2 saturated heterocycles. The van der Waals surface area contributed by atoms with E-state index in [2.05, 4.69) is 6.92 Å². The zero-order valence-corrected chi connectivity index (χ0v) is 13.4. The van der Waals surface area contributed by atoms with Crippen molar-refractivity contribution in [2.75, 3.05) is 13.2 Å². The lowest BCUT2D eigenvalue weighted by molar-refractivity contribution is -0.255. The normalized spacial score (nSPS) is 42.9. The predicted molar refractivity (Wildman–Crippen MR) is 79.5 cm³/mol. The molecule has 1 saturated carbocycles. The second kappa shape index (κ2) is 5.11. The number of ether oxygens (including phenoxy) is 3. The fraction of sp³-hybridized carbons (Fsp3) is 0.765. The zero-order chi connectivity index (χ0) is 15.3. The van der Waals surface area contributed by atoms with Crippen molar-refractivity contribution in [1.29, 1.82) is 0 Å². The van der Waals surface area contributed by atoms with Crippen molar-refractivity contribution in [3.8, 4) is 0 Å². The SMILES string of the molecule is CC(C)=C/C=C1\O[C@H]2C[C@H](C)CC3(OCCO3)[C@H]2[C@@]1(C)O. The van der Waals surface area contributed by atoms with Gasteiger partial charge in [-0.1, -0.05) is 18.6 Å². The van der Waals surface area contributed by atoms with Crippen molar-refractivity contribution in [3.63, 3.8) is 0 Å². The first-order valence-corrected chi connectivity index (χ1v) is 7.88. The van der Waals surface area contributed by atoms with E-state index in [-0.39, 0.29) is 12.0 Å². The van der Waals surface area contributed by atoms with Crippen LogP contribution in [-0.4, -0.2) is 35.8 Å². The Kier molecular flexibility index (Phi) is 3.67. The van der Waals surface area contributed by atoms with Crippen LogP contribution in [0.1, 0.15) is 40.5 Å². The van der Waals surface area contributed by atoms with Crippen molar-refractivity contribution >= 4 is 0 Å². The van der Waals surface area contributed by atoms with Crippen LogP contribution in [-0.2, 0) is 14.2 Å². The van der Waals surface area contributed by atoms with Crippen molar-refractivity contribution in [3.05, 3.63) is 23.5 Å². The minimum Gasteiger partial charge on any atom is -0.491 e. The van der Waals surface area contributed by atoms with E-state index in [4.69, 9.17) is 14.2 Å². The minimum atomic E-state index is -1.05. The van der Waals surface area contributed by atoms with Crippen molar-refractivity contribution < 1.29 is 19.3 Å². The first-order valence-electron chi connectivity index (χ1n) is 7.88. The van der Waals surface area contributed by atoms with Gasteiger partial charge in [-0.2, -0.15) is 0 Å². The Morgan fingerprint density at radius 3 is 2.57 bits per heavy atom. The Labute approximate surface area is 126 Å². The standard InChI is InChI=1S/C17H26O4/c1-11(2)5-6-14-16(4,18)15-13(21-14)9-12(3)10-17(15)19-7-8-20-17/h5-6,12-13,15,18H,7-10H2,1-4H3/b14-6-/t12-,13-,15+,16-/m0/s1. The maximum atomic E-state index is 11.1. The lowest BCUT2D eigenvalue weighted by Gasteiger charge is -2.45. The van der Waals surface area contributed by atoms with Gasteiger partial charge in [0.15, 0.2) is 5.79 Å². The average Bonchev–Trinajstić information content (AvgIpc) is 2.90. The summed E-state index contributed by atoms with van der Waals surface area (Å²) in [4.78, 5) is 0. The third kappa shape index (κ3) is 2.43. The monoisotopic (exact) mass is 294 g/mol. The Morgan fingerprint density at radius 2 is 1.95 bits per heavy atom. The molecule has 0 bridgehead atoms. The molecule has 0 aromatic carbocycles. The van der Waals surface area contributed by atoms with Gasteiger partial charge in [0.2, 0.25) is 0 Å². The van der Waals surface area contributed by atoms with Crippen LogP contribution < -0.4 is 0 Å². The van der Waals surface area contributed by atoms with Crippen LogP contribution in [0.2, 0.25) is 0 Å². The molecule has 1 spiro atoms. The highest BCUT2D eigenvalue weighted by Gasteiger charge is 2.64. The van der Waals surface area contributed by atoms with Gasteiger partial charge in [0.05, 0.1) is 19.1 Å². The highest BCUT2D eigenvalue weighted by molar-refractivity contribution is 5.26. The molecule has 4 atom stereocenters. The van der Waals surface area contributed by atoms with Gasteiger partial charge in [-0.25, -0.2) is 0 Å². The zero-order valence-electron chi connectivity index (χ0n) is 13.4. The van der Waals surface area contributed by atoms with Crippen LogP contribution in [0.25, 0.3) is 0 Å². The third-order valence-corrected chi connectivity index (χ3v) is 4.84. The third-order valence-electron chi connectivity index (χ3n) is 4.84. The van der Waals surface area contributed by atoms with Gasteiger partial charge < -0.3 is 19.3 Å². The first kappa shape index (κ1) is 15.1. The molecule has 2 heterocycles. The Hall–Kier alpha value is -0.840. The molecular formula is C17H26O4. The summed E-state index contributed by atoms with van der Waals surface area (Å²) >= 11 is 0. The molecule has 0 unspecified atom stereocenters. The molecule has 4 nitrogen and oxygen atoms in total. The maximum absolute atomic E-state index is 11.1. The number of aliphatic hydroxyl groups is 1. The van der Waals surface area contributed by atoms with E-state index < -0.39 is 11.4 Å². The number of hydrogen-bond donors (Lipinski definition) is 1. The summed E-state index contributed by atoms with van der Waals surface area (Å²) in [6, 6.07) is 0. The van der Waals surface area contributed by atoms with Crippen molar-refractivity contribution in [2.24, 2.45) is 11.8 Å². The number of hydrogen-bond acceptors (Lipinski definition) is 4. The molecule has 1 N–H and O–H groups in total. The van der Waals surface area contributed by atoms with Crippen LogP contribution in [0.3, 0.4) is 0 Å². The summed E-state index contributed by atoms with van der Waals surface area (Å²) in [7, 11) is 0. The maximum Gasteiger partial charge on any atom is 0.178 e. The van der Waals surface area contributed by atoms with E-state index in [9.17, 15) is 5.11 Å². The lowest BCUT2D eigenvalue weighted by Crippen LogP contribution is -2.56. The van der Waals surface area contributed by atoms with Gasteiger partial charge in [-0.05, 0) is 39.2 Å². The molecule has 1 aliphatic carbocycles. The van der Waals surface area contributed by atoms with Gasteiger partial charge in [0, 0.05) is 6.42 Å². The summed E-state index contributed by atoms with van der Waals surface area (Å²) in [6.45, 7) is 9.27. The van der Waals surface area contributed by atoms with E-state index in [1.807, 2.05) is 32.9 Å². The summed E-state index contributed by atoms with van der Waals surface area (Å²) in [6.07, 6.45) is 5.58. The molecule has 118 valence electrons. The van der Waals surface area contributed by atoms with Gasteiger partial charge in [0.25, 0.3) is 0 Å². The summed E-state index contributed by atoms with van der Waals surface area (Å²) in [5.41, 5.74) is 0.120. The Balaban J connectivity index is 1.97. The fourth-order valence-electron chi connectivity index (χ4n) is 4.07. The molecule has 3 rings (SSSR count). The second-order valence-corrected chi connectivity index (χ2v) is 7.11. The molecule has 0 radical (unpaired) electrons. The van der Waals surface area contributed by atoms with Crippen molar-refractivity contribution in [1.82, 2.24) is 0 Å². The highest BCUT2D eigenvalue weighted by atomic mass is 16.7. The summed E-state index contributed by atoms with van der Waals surface area (Å²) in [5, 5.41) is 11.1. The average molecular weight is 294 g/mol. The van der Waals surface area contributed by atoms with Crippen LogP contribution in [0.5, 0.6) is 0 Å². The first-order chi connectivity index (χ1) is 9.85. The van der Waals surface area contributed by atoms with Crippen molar-refractivity contribution in [2.45, 2.75) is 58.0 Å². The largest absolute Gasteiger partial charge is 0.491 e. The topological polar surface area (TPSA) is 47.9 Å². The van der Waals surface area contributed by atoms with E-state index >= 15 is 0 Å². The van der Waals surface area contributed by atoms with Gasteiger partial charge in [-0.3, -0.25) is 0 Å². The number of allylic oxidation sites excluding steroid dienone is 3. The van der Waals surface area contributed by atoms with Crippen LogP contribution in [0.4, 0.5) is 0 Å². The molecule has 0 amide bonds. The van der Waals surface area contributed by atoms with Gasteiger partial charge in [-0.15, -0.1) is 0 Å². The molecule has 21 heavy (non-hydrogen) atoms. The smallest absolute Gasteiger partial charge is 0.178 e. The van der Waals surface area contributed by atoms with Crippen LogP contribution >= 0.6 is 0 Å². The van der Waals surface area contributed by atoms with Crippen LogP contribution in [0, 0.1) is 11.8 Å². The highest BCUT2D eigenvalue weighted by Crippen LogP contribution is 2.54. The van der Waals surface area contributed by atoms with Crippen LogP contribution in [0.15, 0.2) is 23.5 Å². The van der Waals surface area contributed by atoms with E-state index in [1.165, 1.54) is 5.57 Å². The summed E-state index contributed by atoms with van der Waals surface area (Å²) < 4.78 is 18.0. The van der Waals surface area contributed by atoms with Gasteiger partial charge >= 0.3 is 0 Å². The quantitative estimate of drug-likeness (QED) is 0.808. The number of rotatable bonds is 1. The minimum absolute atomic E-state index is 0.0429. The predicted octanol–water partition coefficient (Wildman–Crippen LogP) is 2.78.